The van der Waals surface area contributed by atoms with Crippen molar-refractivity contribution in [1.82, 2.24) is 87.7 Å². The fraction of sp³-hybridized carbons (Fsp3) is 0.278. The molecule has 14 aromatic heterocycles. The number of hydrogen-bond donors (Lipinski definition) is 11. The summed E-state index contributed by atoms with van der Waals surface area (Å²) in [4.78, 5) is 104. The van der Waals surface area contributed by atoms with Crippen LogP contribution in [0.2, 0.25) is 0 Å². The van der Waals surface area contributed by atoms with Gasteiger partial charge in [-0.25, -0.2) is 39.9 Å². The molecule has 0 saturated heterocycles. The number of furan rings is 1. The number of anilines is 6. The number of imidazole rings is 4. The highest BCUT2D eigenvalue weighted by molar-refractivity contribution is 7.99. The first-order valence-electron chi connectivity index (χ1n) is 43.6. The van der Waals surface area contributed by atoms with E-state index in [1.165, 1.54) is 29.3 Å². The molecule has 4 aromatic carbocycles. The number of rotatable bonds is 17. The summed E-state index contributed by atoms with van der Waals surface area (Å²) < 4.78 is 14.3. The number of carbonyl (C=O) groups excluding carboxylic acids is 3. The third-order valence-electron chi connectivity index (χ3n) is 25.4. The molecule has 14 heterocycles. The van der Waals surface area contributed by atoms with Gasteiger partial charge in [0.15, 0.2) is 10.9 Å². The summed E-state index contributed by atoms with van der Waals surface area (Å²) in [5.41, 5.74) is 43.9. The lowest BCUT2D eigenvalue weighted by Crippen LogP contribution is -2.29. The van der Waals surface area contributed by atoms with Crippen molar-refractivity contribution >= 4 is 136 Å². The monoisotopic (exact) mass is 1730 g/mol. The summed E-state index contributed by atoms with van der Waals surface area (Å²) in [7, 11) is 0. The van der Waals surface area contributed by atoms with Crippen LogP contribution >= 0.6 is 11.8 Å². The molecule has 0 radical (unpaired) electrons. The van der Waals surface area contributed by atoms with Crippen LogP contribution in [0.25, 0.3) is 111 Å². The molecular formula is C97H98N24O6S. The number of amides is 3. The number of nitrogens with one attached hydrogen (secondary N) is 6. The van der Waals surface area contributed by atoms with E-state index >= 15 is 0 Å². The van der Waals surface area contributed by atoms with Gasteiger partial charge in [0.2, 0.25) is 17.7 Å². The van der Waals surface area contributed by atoms with Gasteiger partial charge in [-0.1, -0.05) is 84.6 Å². The first kappa shape index (κ1) is 82.8. The molecule has 0 bridgehead atoms. The Bertz CT molecular complexity index is 7140. The number of nitrogens with two attached hydrogens (primary N) is 4. The van der Waals surface area contributed by atoms with Gasteiger partial charge in [-0.15, -0.1) is 0 Å². The normalized spacial score (nSPS) is 17.6. The van der Waals surface area contributed by atoms with E-state index in [2.05, 4.69) is 123 Å². The quantitative estimate of drug-likeness (QED) is 0.0377. The zero-order valence-corrected chi connectivity index (χ0v) is 72.1. The third kappa shape index (κ3) is 16.9. The average molecular weight is 1730 g/mol. The van der Waals surface area contributed by atoms with Gasteiger partial charge in [0.25, 0.3) is 0 Å². The molecule has 3 amide bonds. The Morgan fingerprint density at radius 3 is 1.38 bits per heavy atom. The van der Waals surface area contributed by atoms with Gasteiger partial charge in [0.1, 0.15) is 91.2 Å². The Morgan fingerprint density at radius 1 is 0.469 bits per heavy atom. The van der Waals surface area contributed by atoms with Gasteiger partial charge >= 0.3 is 5.97 Å². The van der Waals surface area contributed by atoms with Gasteiger partial charge in [0, 0.05) is 148 Å². The van der Waals surface area contributed by atoms with Crippen LogP contribution in [-0.4, -0.2) is 123 Å². The Balaban J connectivity index is 0.000000112. The van der Waals surface area contributed by atoms with Crippen molar-refractivity contribution < 1.29 is 28.7 Å². The number of H-pyrrole nitrogens is 3. The van der Waals surface area contributed by atoms with Crippen LogP contribution < -0.4 is 38.9 Å². The number of pyridine rings is 2. The van der Waals surface area contributed by atoms with E-state index in [9.17, 15) is 19.2 Å². The number of aromatic nitrogens is 17. The molecule has 0 aliphatic heterocycles. The van der Waals surface area contributed by atoms with E-state index in [0.29, 0.717) is 57.4 Å². The molecule has 4 saturated carbocycles. The summed E-state index contributed by atoms with van der Waals surface area (Å²) >= 11 is 1.14. The minimum absolute atomic E-state index is 0.0151. The smallest absolute Gasteiger partial charge is 0.313 e. The van der Waals surface area contributed by atoms with Crippen LogP contribution in [-0.2, 0) is 19.2 Å². The number of benzene rings is 4. The van der Waals surface area contributed by atoms with Gasteiger partial charge in [-0.2, -0.15) is 0 Å². The molecule has 4 aliphatic carbocycles. The first-order valence-corrected chi connectivity index (χ1v) is 44.6. The lowest BCUT2D eigenvalue weighted by atomic mass is 9.81. The zero-order valence-electron chi connectivity index (χ0n) is 71.3. The molecule has 0 atom stereocenters. The fourth-order valence-corrected chi connectivity index (χ4v) is 19.4. The predicted molar refractivity (Wildman–Crippen MR) is 500 cm³/mol. The molecule has 31 heteroatoms. The summed E-state index contributed by atoms with van der Waals surface area (Å²) in [6.45, 7) is 8.26. The molecule has 22 rings (SSSR count). The van der Waals surface area contributed by atoms with Crippen LogP contribution in [0.3, 0.4) is 0 Å². The number of para-hydroxylation sites is 4. The van der Waals surface area contributed by atoms with Crippen molar-refractivity contribution in [2.45, 2.75) is 146 Å². The number of hydrogen-bond acceptors (Lipinski definition) is 20. The molecule has 0 spiro atoms. The molecular weight excluding hydrogens is 1630 g/mol. The largest absolute Gasteiger partial charge is 0.481 e. The number of carbonyl (C=O) groups is 4. The summed E-state index contributed by atoms with van der Waals surface area (Å²) in [5, 5.41) is 23.0. The van der Waals surface area contributed by atoms with Gasteiger partial charge in [-0.05, 0) is 189 Å². The van der Waals surface area contributed by atoms with E-state index in [0.717, 1.165) is 230 Å². The van der Waals surface area contributed by atoms with Crippen molar-refractivity contribution in [1.29, 1.82) is 0 Å². The van der Waals surface area contributed by atoms with Crippen molar-refractivity contribution in [3.63, 3.8) is 0 Å². The molecule has 4 fully saturated rings. The lowest BCUT2D eigenvalue weighted by Gasteiger charge is -2.27. The predicted octanol–water partition coefficient (Wildman–Crippen LogP) is 18.1. The number of aryl methyl sites for hydroxylation is 3. The van der Waals surface area contributed by atoms with Crippen LogP contribution in [0.1, 0.15) is 160 Å². The Kier molecular flexibility index (Phi) is 22.9. The maximum Gasteiger partial charge on any atom is 0.313 e. The van der Waals surface area contributed by atoms with Crippen LogP contribution in [0.5, 0.6) is 0 Å². The molecule has 30 nitrogen and oxygen atoms in total. The zero-order chi connectivity index (χ0) is 88.0. The van der Waals surface area contributed by atoms with E-state index in [1.54, 1.807) is 54.7 Å². The Labute approximate surface area is 739 Å². The van der Waals surface area contributed by atoms with E-state index < -0.39 is 5.97 Å². The second kappa shape index (κ2) is 35.3. The van der Waals surface area contributed by atoms with Crippen molar-refractivity contribution in [2.24, 2.45) is 17.8 Å². The third-order valence-corrected chi connectivity index (χ3v) is 26.4. The number of fused-ring (bicyclic) bond motifs is 8. The van der Waals surface area contributed by atoms with Crippen molar-refractivity contribution in [2.75, 3.05) is 45.9 Å². The second-order valence-electron chi connectivity index (χ2n) is 34.0. The number of nitrogen functional groups attached to an aromatic ring is 4. The number of carboxylic acid groups (broad SMARTS) is 1. The minimum Gasteiger partial charge on any atom is -0.481 e. The minimum atomic E-state index is -0.897. The van der Waals surface area contributed by atoms with Crippen molar-refractivity contribution in [3.8, 4) is 45.6 Å². The Hall–Kier alpha value is -14.8. The number of aromatic amines is 3. The van der Waals surface area contributed by atoms with Crippen molar-refractivity contribution in [3.05, 3.63) is 235 Å². The van der Waals surface area contributed by atoms with Gasteiger partial charge < -0.3 is 63.4 Å². The van der Waals surface area contributed by atoms with E-state index in [-0.39, 0.29) is 47.1 Å². The molecule has 0 unspecified atom stereocenters. The topological polar surface area (TPSA) is 436 Å². The standard InChI is InChI=1S/C28H28N6O2.C27H27N7O.C26H30N6O.C16H13N5O2S/c1-16-7-12-20(15-31-16)32-28(35)19-10-8-18(9-11-19)27-33-23(24-26(29)30-13-14-34(24)27)25-17(2)21-5-3-4-6-22(21)36-25;1-16-6-11-20(15-30-16)31-27(35)18-9-7-17(8-10-18)26-33-23(24-25(28)29-12-13-34(24)26)22-14-19-4-2-3-5-21(19)32-22;1-15(33)29-14-16-5-7-18(8-6-16)26-31-23(24-25(27)28-11-12-32(24)26)21-13-19-3-2-4-20(17-9-10-17)22(19)30-21;17-15-14-13(11-7-9-3-1-2-4-10(9)19-11)20-16(24-8-12(22)23)21(14)6-5-18-15/h3-7,12-15,18-19H,8-11H2,1-2H3,(H2,29,30)(H,32,35);2-6,11-15,17-18,32H,7-10H2,1H3,(H2,28,29)(H,31,35);2-4,11-13,16-18,30H,5-10,14H2,1H3,(H2,27,28)(H,29,33);1-7,19H,8H2,(H2,17,18)(H,22,23). The van der Waals surface area contributed by atoms with E-state index in [1.807, 2.05) is 129 Å². The lowest BCUT2D eigenvalue weighted by molar-refractivity contribution is -0.134. The highest BCUT2D eigenvalue weighted by Crippen LogP contribution is 2.47. The number of carboxylic acids is 1. The van der Waals surface area contributed by atoms with Crippen LogP contribution in [0, 0.1) is 38.5 Å². The Morgan fingerprint density at radius 2 is 0.898 bits per heavy atom. The molecule has 128 heavy (non-hydrogen) atoms. The number of nitrogens with zero attached hydrogens (tertiary/aromatic N) is 14. The molecule has 15 N–H and O–H groups in total. The summed E-state index contributed by atoms with van der Waals surface area (Å²) in [6.07, 6.45) is 31.3. The van der Waals surface area contributed by atoms with E-state index in [4.69, 9.17) is 47.4 Å². The SMILES string of the molecule is CC(=O)NCC1CCC(c2nc(-c3cc4cccc(C5CC5)c4[nH]3)c3c(N)nccn23)CC1.Cc1ccc(NC(=O)C2CCC(c3nc(-c4cc5ccccc5[nH]4)c4c(N)nccn34)CC2)cn1.Cc1ccc(NC(=O)C2CCC(c3nc(-c4oc5ccccc5c4C)c4c(N)nccn34)CC2)cn1.Nc1nccn2c(SCC(=O)O)nc(-c3cc4ccccc4[nH]3)c12. The first-order chi connectivity index (χ1) is 62.3. The summed E-state index contributed by atoms with van der Waals surface area (Å²) in [5.74, 6) is 6.62. The van der Waals surface area contributed by atoms with Crippen LogP contribution in [0.4, 0.5) is 34.6 Å². The number of aliphatic carboxylic acids is 1. The van der Waals surface area contributed by atoms with Gasteiger partial charge in [-0.3, -0.25) is 46.7 Å². The fourth-order valence-electron chi connectivity index (χ4n) is 18.7. The average Bonchev–Trinajstić information content (AvgIpc) is 1.65. The summed E-state index contributed by atoms with van der Waals surface area (Å²) in [6, 6.07) is 44.5. The molecule has 4 aliphatic rings. The van der Waals surface area contributed by atoms with Gasteiger partial charge in [0.05, 0.1) is 46.6 Å². The highest BCUT2D eigenvalue weighted by Gasteiger charge is 2.36. The molecule has 648 valence electrons. The highest BCUT2D eigenvalue weighted by atomic mass is 32.2. The molecule has 18 aromatic rings. The second-order valence-corrected chi connectivity index (χ2v) is 34.9. The maximum absolute atomic E-state index is 12.9. The van der Waals surface area contributed by atoms with Crippen LogP contribution in [0.15, 0.2) is 205 Å². The maximum atomic E-state index is 12.9. The number of thioether (sulfide) groups is 1.